The van der Waals surface area contributed by atoms with Crippen molar-refractivity contribution >= 4 is 38.5 Å². The Hall–Kier alpha value is -6.84. The van der Waals surface area contributed by atoms with Gasteiger partial charge in [-0.2, -0.15) is 0 Å². The Balaban J connectivity index is 1.13. The van der Waals surface area contributed by atoms with Crippen molar-refractivity contribution in [3.8, 4) is 45.0 Å². The summed E-state index contributed by atoms with van der Waals surface area (Å²) in [6, 6.07) is 57.9. The van der Waals surface area contributed by atoms with Gasteiger partial charge in [-0.1, -0.05) is 164 Å². The Morgan fingerprint density at radius 1 is 0.481 bits per heavy atom. The molecule has 3 nitrogen and oxygen atoms in total. The summed E-state index contributed by atoms with van der Waals surface area (Å²) >= 11 is 0. The van der Waals surface area contributed by atoms with Crippen LogP contribution in [0.3, 0.4) is 0 Å². The van der Waals surface area contributed by atoms with Crippen molar-refractivity contribution in [3.63, 3.8) is 0 Å². The van der Waals surface area contributed by atoms with Crippen molar-refractivity contribution in [2.45, 2.75) is 0 Å². The minimum Gasteiger partial charge on any atom is -0.337 e. The van der Waals surface area contributed by atoms with Gasteiger partial charge in [-0.05, 0) is 68.6 Å². The molecule has 0 unspecified atom stereocenters. The molecule has 0 saturated carbocycles. The van der Waals surface area contributed by atoms with Crippen molar-refractivity contribution < 1.29 is 0 Å². The lowest BCUT2D eigenvalue weighted by atomic mass is 9.98. The summed E-state index contributed by atoms with van der Waals surface area (Å²) in [4.78, 5) is 12.8. The number of para-hydroxylation sites is 1. The zero-order valence-corrected chi connectivity index (χ0v) is 28.7. The minimum absolute atomic E-state index is 0.695. The standard InChI is InChI=1S/C49H35N3/c1-34-14-3-2-10-31-52(48-26-9-8-21-41(34)48)40-29-27-35(28-30-40)38-19-11-20-39(32-38)49-50-46(44-24-12-17-36-15-4-6-22-42(36)44)33-47(51-49)45-25-13-18-37-16-5-7-23-43(37)45/h2-30,32-33H,1,31H2/b10-2-,14-3-. The topological polar surface area (TPSA) is 29.0 Å². The maximum atomic E-state index is 5.25. The molecule has 9 rings (SSSR count). The maximum absolute atomic E-state index is 5.25. The summed E-state index contributed by atoms with van der Waals surface area (Å²) in [5.41, 5.74) is 11.6. The van der Waals surface area contributed by atoms with Gasteiger partial charge in [0.05, 0.1) is 11.4 Å². The molecule has 52 heavy (non-hydrogen) atoms. The van der Waals surface area contributed by atoms with E-state index in [1.54, 1.807) is 0 Å². The minimum atomic E-state index is 0.695. The molecule has 2 heterocycles. The Morgan fingerprint density at radius 2 is 1.06 bits per heavy atom. The molecular weight excluding hydrogens is 631 g/mol. The van der Waals surface area contributed by atoms with Crippen LogP contribution in [0.2, 0.25) is 0 Å². The van der Waals surface area contributed by atoms with E-state index in [1.165, 1.54) is 21.5 Å². The number of anilines is 2. The lowest BCUT2D eigenvalue weighted by Crippen LogP contribution is -2.18. The summed E-state index contributed by atoms with van der Waals surface area (Å²) in [6.45, 7) is 5.08. The summed E-state index contributed by atoms with van der Waals surface area (Å²) in [7, 11) is 0. The second kappa shape index (κ2) is 13.5. The molecule has 0 saturated heterocycles. The number of hydrogen-bond donors (Lipinski definition) is 0. The molecule has 0 spiro atoms. The quantitative estimate of drug-likeness (QED) is 0.183. The van der Waals surface area contributed by atoms with E-state index >= 15 is 0 Å². The highest BCUT2D eigenvalue weighted by molar-refractivity contribution is 5.99. The van der Waals surface area contributed by atoms with E-state index < -0.39 is 0 Å². The van der Waals surface area contributed by atoms with Gasteiger partial charge in [0.25, 0.3) is 0 Å². The van der Waals surface area contributed by atoms with Crippen LogP contribution < -0.4 is 4.90 Å². The van der Waals surface area contributed by atoms with Crippen LogP contribution in [-0.2, 0) is 0 Å². The first kappa shape index (κ1) is 31.2. The van der Waals surface area contributed by atoms with Crippen LogP contribution in [0.1, 0.15) is 5.56 Å². The molecule has 1 aliphatic rings. The fourth-order valence-electron chi connectivity index (χ4n) is 7.25. The third-order valence-electron chi connectivity index (χ3n) is 9.86. The third kappa shape index (κ3) is 5.89. The largest absolute Gasteiger partial charge is 0.337 e. The number of benzene rings is 7. The van der Waals surface area contributed by atoms with Gasteiger partial charge in [0, 0.05) is 40.2 Å². The molecule has 7 aromatic carbocycles. The number of hydrogen-bond acceptors (Lipinski definition) is 3. The molecule has 246 valence electrons. The fraction of sp³-hybridized carbons (Fsp3) is 0.0204. The van der Waals surface area contributed by atoms with Gasteiger partial charge < -0.3 is 4.90 Å². The SMILES string of the molecule is C=C1/C=C\C=C/CN(c2ccc(-c3cccc(-c4nc(-c5cccc6ccccc56)cc(-c5cccc6ccccc56)n4)c3)cc2)c2ccccc21. The van der Waals surface area contributed by atoms with Crippen LogP contribution in [0.5, 0.6) is 0 Å². The average Bonchev–Trinajstić information content (AvgIpc) is 3.29. The normalized spacial score (nSPS) is 14.0. The van der Waals surface area contributed by atoms with E-state index in [0.717, 1.165) is 68.3 Å². The molecule has 0 radical (unpaired) electrons. The van der Waals surface area contributed by atoms with E-state index in [0.29, 0.717) is 5.82 Å². The van der Waals surface area contributed by atoms with Gasteiger partial charge in [-0.15, -0.1) is 0 Å². The van der Waals surface area contributed by atoms with Crippen LogP contribution >= 0.6 is 0 Å². The van der Waals surface area contributed by atoms with Crippen LogP contribution in [0.4, 0.5) is 11.4 Å². The predicted octanol–water partition coefficient (Wildman–Crippen LogP) is 12.7. The monoisotopic (exact) mass is 665 g/mol. The predicted molar refractivity (Wildman–Crippen MR) is 220 cm³/mol. The van der Waals surface area contributed by atoms with E-state index in [4.69, 9.17) is 9.97 Å². The Labute approximate surface area is 304 Å². The number of rotatable bonds is 5. The third-order valence-corrected chi connectivity index (χ3v) is 9.86. The van der Waals surface area contributed by atoms with Crippen LogP contribution in [0.15, 0.2) is 195 Å². The molecular formula is C49H35N3. The second-order valence-corrected chi connectivity index (χ2v) is 13.1. The molecule has 0 amide bonds. The van der Waals surface area contributed by atoms with Crippen molar-refractivity contribution in [3.05, 3.63) is 200 Å². The molecule has 1 aliphatic heterocycles. The number of aromatic nitrogens is 2. The zero-order chi connectivity index (χ0) is 34.9. The van der Waals surface area contributed by atoms with Crippen molar-refractivity contribution in [2.75, 3.05) is 11.4 Å². The van der Waals surface area contributed by atoms with E-state index in [-0.39, 0.29) is 0 Å². The zero-order valence-electron chi connectivity index (χ0n) is 28.7. The van der Waals surface area contributed by atoms with Gasteiger partial charge in [-0.3, -0.25) is 0 Å². The molecule has 1 aromatic heterocycles. The van der Waals surface area contributed by atoms with Crippen LogP contribution in [0.25, 0.3) is 72.1 Å². The lowest BCUT2D eigenvalue weighted by molar-refractivity contribution is 1.09. The second-order valence-electron chi connectivity index (χ2n) is 13.1. The van der Waals surface area contributed by atoms with Crippen molar-refractivity contribution in [1.82, 2.24) is 9.97 Å². The van der Waals surface area contributed by atoms with E-state index in [1.807, 2.05) is 0 Å². The van der Waals surface area contributed by atoms with E-state index in [2.05, 4.69) is 200 Å². The first-order chi connectivity index (χ1) is 25.7. The fourth-order valence-corrected chi connectivity index (χ4v) is 7.25. The molecule has 8 aromatic rings. The summed E-state index contributed by atoms with van der Waals surface area (Å²) in [5.74, 6) is 0.695. The number of nitrogens with zero attached hydrogens (tertiary/aromatic N) is 3. The highest BCUT2D eigenvalue weighted by atomic mass is 15.1. The summed E-state index contributed by atoms with van der Waals surface area (Å²) in [6.07, 6.45) is 8.40. The van der Waals surface area contributed by atoms with Gasteiger partial charge in [0.1, 0.15) is 0 Å². The molecule has 0 atom stereocenters. The smallest absolute Gasteiger partial charge is 0.160 e. The highest BCUT2D eigenvalue weighted by Gasteiger charge is 2.17. The highest BCUT2D eigenvalue weighted by Crippen LogP contribution is 2.37. The van der Waals surface area contributed by atoms with E-state index in [9.17, 15) is 0 Å². The summed E-state index contributed by atoms with van der Waals surface area (Å²) in [5, 5.41) is 4.71. The Morgan fingerprint density at radius 3 is 1.77 bits per heavy atom. The Kier molecular flexibility index (Phi) is 8.07. The first-order valence-electron chi connectivity index (χ1n) is 17.6. The van der Waals surface area contributed by atoms with Gasteiger partial charge in [0.15, 0.2) is 5.82 Å². The number of fused-ring (bicyclic) bond motifs is 3. The number of allylic oxidation sites excluding steroid dienone is 4. The van der Waals surface area contributed by atoms with Gasteiger partial charge in [-0.25, -0.2) is 9.97 Å². The van der Waals surface area contributed by atoms with Crippen LogP contribution in [0, 0.1) is 0 Å². The first-order valence-corrected chi connectivity index (χ1v) is 17.6. The lowest BCUT2D eigenvalue weighted by Gasteiger charge is -2.26. The van der Waals surface area contributed by atoms with Crippen molar-refractivity contribution in [1.29, 1.82) is 0 Å². The van der Waals surface area contributed by atoms with Gasteiger partial charge >= 0.3 is 0 Å². The van der Waals surface area contributed by atoms with Crippen LogP contribution in [-0.4, -0.2) is 16.5 Å². The average molecular weight is 666 g/mol. The molecule has 0 N–H and O–H groups in total. The Bertz CT molecular complexity index is 2570. The van der Waals surface area contributed by atoms with Gasteiger partial charge in [0.2, 0.25) is 0 Å². The molecule has 0 fully saturated rings. The molecule has 0 bridgehead atoms. The van der Waals surface area contributed by atoms with Crippen molar-refractivity contribution in [2.24, 2.45) is 0 Å². The summed E-state index contributed by atoms with van der Waals surface area (Å²) < 4.78 is 0. The molecule has 3 heteroatoms. The maximum Gasteiger partial charge on any atom is 0.160 e. The molecule has 0 aliphatic carbocycles.